The Kier molecular flexibility index (Phi) is 3.94. The second-order valence-electron chi connectivity index (χ2n) is 5.04. The van der Waals surface area contributed by atoms with Crippen molar-refractivity contribution in [3.05, 3.63) is 58.1 Å². The number of anilines is 1. The maximum Gasteiger partial charge on any atom is 0.341 e. The smallest absolute Gasteiger partial charge is 0.341 e. The molecule has 2 aromatic rings. The van der Waals surface area contributed by atoms with E-state index in [0.29, 0.717) is 18.8 Å². The largest absolute Gasteiger partial charge is 0.362 e. The predicted molar refractivity (Wildman–Crippen MR) is 83.7 cm³/mol. The average molecular weight is 388 g/mol. The maximum absolute atomic E-state index is 12.9. The van der Waals surface area contributed by atoms with Crippen LogP contribution in [0.1, 0.15) is 11.1 Å². The van der Waals surface area contributed by atoms with Crippen molar-refractivity contribution in [2.75, 3.05) is 4.90 Å². The van der Waals surface area contributed by atoms with E-state index in [1.807, 2.05) is 18.2 Å². The van der Waals surface area contributed by atoms with Gasteiger partial charge in [0, 0.05) is 17.6 Å². The molecule has 3 nitrogen and oxygen atoms in total. The fraction of sp³-hybridized carbons (Fsp3) is 0.200. The molecule has 1 aliphatic heterocycles. The zero-order valence-electron chi connectivity index (χ0n) is 11.3. The Balaban J connectivity index is 2.02. The molecule has 0 aromatic heterocycles. The summed E-state index contributed by atoms with van der Waals surface area (Å²) in [6, 6.07) is 11.7. The van der Waals surface area contributed by atoms with Gasteiger partial charge in [-0.25, -0.2) is 8.42 Å². The average Bonchev–Trinajstić information content (AvgIpc) is 2.90. The van der Waals surface area contributed by atoms with Crippen molar-refractivity contribution in [1.29, 1.82) is 0 Å². The number of benzene rings is 2. The summed E-state index contributed by atoms with van der Waals surface area (Å²) in [6.45, 7) is 0.989. The Hall–Kier alpha value is -1.47. The summed E-state index contributed by atoms with van der Waals surface area (Å²) in [5.74, 6) is -3.42. The molecule has 22 heavy (non-hydrogen) atoms. The topological polar surface area (TPSA) is 37.4 Å². The highest BCUT2D eigenvalue weighted by Gasteiger charge is 2.32. The first-order chi connectivity index (χ1) is 10.4. The van der Waals surface area contributed by atoms with Crippen LogP contribution in [0.2, 0.25) is 0 Å². The Bertz CT molecular complexity index is 824. The molecule has 0 bridgehead atoms. The van der Waals surface area contributed by atoms with Crippen LogP contribution in [0, 0.1) is 0 Å². The van der Waals surface area contributed by atoms with Gasteiger partial charge in [0.15, 0.2) is 0 Å². The number of rotatable bonds is 3. The van der Waals surface area contributed by atoms with Crippen LogP contribution in [-0.4, -0.2) is 14.2 Å². The van der Waals surface area contributed by atoms with Gasteiger partial charge in [0.25, 0.3) is 0 Å². The number of nitrogens with zero attached hydrogens (tertiary/aromatic N) is 1. The maximum atomic E-state index is 12.9. The first-order valence-corrected chi connectivity index (χ1v) is 8.87. The van der Waals surface area contributed by atoms with Crippen LogP contribution in [0.15, 0.2) is 51.8 Å². The molecule has 0 amide bonds. The molecule has 0 unspecified atom stereocenters. The highest BCUT2D eigenvalue weighted by molar-refractivity contribution is 9.10. The monoisotopic (exact) mass is 387 g/mol. The van der Waals surface area contributed by atoms with Crippen molar-refractivity contribution in [3.63, 3.8) is 0 Å². The van der Waals surface area contributed by atoms with E-state index in [-0.39, 0.29) is 4.90 Å². The lowest BCUT2D eigenvalue weighted by Gasteiger charge is -2.21. The van der Waals surface area contributed by atoms with Crippen LogP contribution in [0.5, 0.6) is 0 Å². The van der Waals surface area contributed by atoms with E-state index in [1.165, 1.54) is 12.1 Å². The molecule has 0 atom stereocenters. The third kappa shape index (κ3) is 2.63. The van der Waals surface area contributed by atoms with Crippen molar-refractivity contribution in [2.45, 2.75) is 23.7 Å². The molecular weight excluding hydrogens is 376 g/mol. The van der Waals surface area contributed by atoms with Gasteiger partial charge < -0.3 is 4.90 Å². The summed E-state index contributed by atoms with van der Waals surface area (Å²) in [6.07, 6.45) is 0. The number of para-hydroxylation sites is 1. The number of halogens is 3. The predicted octanol–water partition coefficient (Wildman–Crippen LogP) is 3.97. The van der Waals surface area contributed by atoms with Crippen LogP contribution in [-0.2, 0) is 22.9 Å². The third-order valence-electron chi connectivity index (χ3n) is 3.64. The number of fused-ring (bicyclic) bond motifs is 1. The summed E-state index contributed by atoms with van der Waals surface area (Å²) in [7, 11) is -4.62. The van der Waals surface area contributed by atoms with E-state index in [0.717, 1.165) is 15.6 Å². The number of hydrogen-bond donors (Lipinski definition) is 0. The number of sulfone groups is 1. The van der Waals surface area contributed by atoms with E-state index in [4.69, 9.17) is 0 Å². The molecule has 1 heterocycles. The van der Waals surface area contributed by atoms with Crippen molar-refractivity contribution in [3.8, 4) is 0 Å². The normalized spacial score (nSPS) is 14.5. The van der Waals surface area contributed by atoms with E-state index < -0.39 is 15.6 Å². The van der Waals surface area contributed by atoms with Gasteiger partial charge in [-0.1, -0.05) is 34.1 Å². The second-order valence-corrected chi connectivity index (χ2v) is 7.84. The Morgan fingerprint density at radius 2 is 1.73 bits per heavy atom. The molecule has 7 heteroatoms. The van der Waals surface area contributed by atoms with E-state index in [1.54, 1.807) is 17.0 Å². The van der Waals surface area contributed by atoms with Crippen molar-refractivity contribution in [2.24, 2.45) is 0 Å². The minimum atomic E-state index is -4.62. The molecule has 1 aliphatic rings. The lowest BCUT2D eigenvalue weighted by Crippen LogP contribution is -2.20. The molecule has 2 aromatic carbocycles. The lowest BCUT2D eigenvalue weighted by molar-refractivity contribution is 0.235. The molecule has 0 radical (unpaired) electrons. The van der Waals surface area contributed by atoms with E-state index in [2.05, 4.69) is 15.9 Å². The quantitative estimate of drug-likeness (QED) is 0.799. The SMILES string of the molecule is O=S(=O)(c1ccccc1N1Cc2ccc(Br)cc2C1)C(F)F. The van der Waals surface area contributed by atoms with Gasteiger partial charge in [0.05, 0.1) is 10.6 Å². The first-order valence-electron chi connectivity index (χ1n) is 6.53. The summed E-state index contributed by atoms with van der Waals surface area (Å²) in [5, 5.41) is 0. The Morgan fingerprint density at radius 3 is 2.45 bits per heavy atom. The fourth-order valence-corrected chi connectivity index (χ4v) is 3.95. The second kappa shape index (κ2) is 5.62. The molecule has 0 saturated carbocycles. The molecule has 0 saturated heterocycles. The summed E-state index contributed by atoms with van der Waals surface area (Å²) >= 11 is 3.39. The number of alkyl halides is 2. The summed E-state index contributed by atoms with van der Waals surface area (Å²) in [5.41, 5.74) is 2.43. The van der Waals surface area contributed by atoms with Crippen LogP contribution in [0.25, 0.3) is 0 Å². The molecule has 0 spiro atoms. The van der Waals surface area contributed by atoms with Crippen LogP contribution < -0.4 is 4.90 Å². The highest BCUT2D eigenvalue weighted by Crippen LogP contribution is 2.35. The molecule has 0 N–H and O–H groups in total. The van der Waals surface area contributed by atoms with Crippen molar-refractivity contribution < 1.29 is 17.2 Å². The molecule has 0 aliphatic carbocycles. The minimum absolute atomic E-state index is 0.315. The van der Waals surface area contributed by atoms with Crippen LogP contribution >= 0.6 is 15.9 Å². The van der Waals surface area contributed by atoms with Crippen LogP contribution in [0.3, 0.4) is 0 Å². The Labute approximate surface area is 135 Å². The Morgan fingerprint density at radius 1 is 1.05 bits per heavy atom. The van der Waals surface area contributed by atoms with Gasteiger partial charge in [-0.15, -0.1) is 0 Å². The lowest BCUT2D eigenvalue weighted by atomic mass is 10.1. The third-order valence-corrected chi connectivity index (χ3v) is 5.56. The highest BCUT2D eigenvalue weighted by atomic mass is 79.9. The standard InChI is InChI=1S/C15H12BrF2NO2S/c16-12-6-5-10-8-19(9-11(10)7-12)13-3-1-2-4-14(13)22(20,21)15(17)18/h1-7,15H,8-9H2. The van der Waals surface area contributed by atoms with E-state index in [9.17, 15) is 17.2 Å². The van der Waals surface area contributed by atoms with Gasteiger partial charge in [0.2, 0.25) is 9.84 Å². The molecular formula is C15H12BrF2NO2S. The van der Waals surface area contributed by atoms with Gasteiger partial charge in [0.1, 0.15) is 0 Å². The summed E-state index contributed by atoms with van der Waals surface area (Å²) in [4.78, 5) is 1.48. The number of hydrogen-bond acceptors (Lipinski definition) is 3. The molecule has 0 fully saturated rings. The van der Waals surface area contributed by atoms with Gasteiger partial charge in [-0.2, -0.15) is 8.78 Å². The summed E-state index contributed by atoms with van der Waals surface area (Å²) < 4.78 is 50.4. The fourth-order valence-electron chi connectivity index (χ4n) is 2.59. The van der Waals surface area contributed by atoms with Gasteiger partial charge in [-0.05, 0) is 35.4 Å². The van der Waals surface area contributed by atoms with E-state index >= 15 is 0 Å². The zero-order valence-corrected chi connectivity index (χ0v) is 13.7. The van der Waals surface area contributed by atoms with Crippen molar-refractivity contribution in [1.82, 2.24) is 0 Å². The minimum Gasteiger partial charge on any atom is -0.362 e. The van der Waals surface area contributed by atoms with Gasteiger partial charge >= 0.3 is 5.76 Å². The van der Waals surface area contributed by atoms with Crippen LogP contribution in [0.4, 0.5) is 14.5 Å². The molecule has 3 rings (SSSR count). The first kappa shape index (κ1) is 15.4. The zero-order chi connectivity index (χ0) is 15.9. The molecule has 116 valence electrons. The van der Waals surface area contributed by atoms with Gasteiger partial charge in [-0.3, -0.25) is 0 Å². The van der Waals surface area contributed by atoms with Crippen molar-refractivity contribution >= 4 is 31.5 Å².